The summed E-state index contributed by atoms with van der Waals surface area (Å²) in [6.07, 6.45) is 15.1. The highest BCUT2D eigenvalue weighted by molar-refractivity contribution is 6.72. The molecule has 1 saturated carbocycles. The van der Waals surface area contributed by atoms with Crippen molar-refractivity contribution in [3.8, 4) is 0 Å². The van der Waals surface area contributed by atoms with Crippen LogP contribution in [0.15, 0.2) is 12.2 Å². The molecule has 2 N–H and O–H groups in total. The van der Waals surface area contributed by atoms with E-state index in [1.54, 1.807) is 0 Å². The largest absolute Gasteiger partial charge is 0.481 e. The zero-order chi connectivity index (χ0) is 22.2. The lowest BCUT2D eigenvalue weighted by molar-refractivity contribution is -0.196. The summed E-state index contributed by atoms with van der Waals surface area (Å²) < 4.78 is 12.3. The Balaban J connectivity index is 1.94. The number of hydrogen-bond donors (Lipinski definition) is 2. The number of hydrogen-bond acceptors (Lipinski definition) is 4. The van der Waals surface area contributed by atoms with Gasteiger partial charge in [-0.15, -0.1) is 0 Å². The molecule has 174 valence electrons. The molecule has 0 bridgehead atoms. The monoisotopic (exact) mass is 440 g/mol. The van der Waals surface area contributed by atoms with E-state index in [4.69, 9.17) is 14.6 Å². The van der Waals surface area contributed by atoms with E-state index >= 15 is 0 Å². The van der Waals surface area contributed by atoms with Crippen molar-refractivity contribution < 1.29 is 24.2 Å². The molecule has 0 spiro atoms. The predicted molar refractivity (Wildman–Crippen MR) is 123 cm³/mol. The number of carboxylic acids is 1. The molecule has 1 aliphatic carbocycles. The van der Waals surface area contributed by atoms with E-state index < -0.39 is 14.3 Å². The molecule has 2 rings (SSSR count). The van der Waals surface area contributed by atoms with Gasteiger partial charge in [0.2, 0.25) is 0 Å². The van der Waals surface area contributed by atoms with Gasteiger partial charge in [0.1, 0.15) is 0 Å². The highest BCUT2D eigenvalue weighted by Crippen LogP contribution is 2.46. The van der Waals surface area contributed by atoms with E-state index in [2.05, 4.69) is 26.0 Å². The molecule has 1 unspecified atom stereocenters. The molecule has 4 atom stereocenters. The summed E-state index contributed by atoms with van der Waals surface area (Å²) >= 11 is 0. The van der Waals surface area contributed by atoms with E-state index in [1.807, 2.05) is 13.1 Å². The molecule has 0 aromatic heterocycles. The summed E-state index contributed by atoms with van der Waals surface area (Å²) in [5.41, 5.74) is 0. The fourth-order valence-corrected chi connectivity index (χ4v) is 5.36. The Hall–Kier alpha value is -0.693. The van der Waals surface area contributed by atoms with Crippen molar-refractivity contribution >= 4 is 14.3 Å². The van der Waals surface area contributed by atoms with Gasteiger partial charge in [0, 0.05) is 13.0 Å². The van der Waals surface area contributed by atoms with Crippen molar-refractivity contribution in [2.45, 2.75) is 115 Å². The van der Waals surface area contributed by atoms with E-state index in [0.29, 0.717) is 18.3 Å². The molecule has 0 aromatic carbocycles. The van der Waals surface area contributed by atoms with Crippen LogP contribution in [0.1, 0.15) is 84.5 Å². The van der Waals surface area contributed by atoms with Crippen molar-refractivity contribution in [2.75, 3.05) is 6.61 Å². The third-order valence-corrected chi connectivity index (χ3v) is 11.1. The van der Waals surface area contributed by atoms with E-state index in [9.17, 15) is 9.59 Å². The third-order valence-electron chi connectivity index (χ3n) is 7.50. The van der Waals surface area contributed by atoms with Crippen molar-refractivity contribution in [2.24, 2.45) is 11.8 Å². The number of carbonyl (C=O) groups is 1. The second-order valence-electron chi connectivity index (χ2n) is 10.4. The Morgan fingerprint density at radius 1 is 1.20 bits per heavy atom. The second-order valence-corrected chi connectivity index (χ2v) is 14.9. The average Bonchev–Trinajstić information content (AvgIpc) is 3.04. The summed E-state index contributed by atoms with van der Waals surface area (Å²) in [6.45, 7) is 9.32. The van der Waals surface area contributed by atoms with Crippen LogP contribution < -0.4 is 0 Å². The fraction of sp³-hybridized carbons (Fsp3) is 0.875. The van der Waals surface area contributed by atoms with Crippen molar-refractivity contribution in [3.63, 3.8) is 0 Å². The van der Waals surface area contributed by atoms with E-state index in [0.717, 1.165) is 51.6 Å². The Morgan fingerprint density at radius 2 is 1.97 bits per heavy atom. The lowest BCUT2D eigenvalue weighted by Gasteiger charge is -2.37. The van der Waals surface area contributed by atoms with Crippen LogP contribution in [-0.4, -0.2) is 43.2 Å². The number of ether oxygens (including phenoxy) is 2. The van der Waals surface area contributed by atoms with Crippen LogP contribution in [0.4, 0.5) is 0 Å². The SMILES string of the molecule is CC(C)(CC[C@@H]1[C@@H](C/C=C\CCCC(=O)O)CC[C@H]1OC1CCCCO1)[Si](C)(C)O. The minimum atomic E-state index is -2.22. The zero-order valence-corrected chi connectivity index (χ0v) is 20.6. The highest BCUT2D eigenvalue weighted by Gasteiger charge is 2.42. The average molecular weight is 441 g/mol. The van der Waals surface area contributed by atoms with Gasteiger partial charge < -0.3 is 19.4 Å². The molecule has 1 aliphatic heterocycles. The summed E-state index contributed by atoms with van der Waals surface area (Å²) in [5.74, 6) is 0.366. The summed E-state index contributed by atoms with van der Waals surface area (Å²) in [4.78, 5) is 21.4. The Bertz CT molecular complexity index is 548. The van der Waals surface area contributed by atoms with Crippen LogP contribution in [0.3, 0.4) is 0 Å². The molecular weight excluding hydrogens is 396 g/mol. The minimum Gasteiger partial charge on any atom is -0.481 e. The highest BCUT2D eigenvalue weighted by atomic mass is 28.4. The molecule has 1 heterocycles. The Labute approximate surface area is 184 Å². The summed E-state index contributed by atoms with van der Waals surface area (Å²) in [6, 6.07) is 0. The minimum absolute atomic E-state index is 0.0152. The smallest absolute Gasteiger partial charge is 0.303 e. The van der Waals surface area contributed by atoms with Crippen LogP contribution in [0.25, 0.3) is 0 Å². The standard InChI is InChI=1S/C24H44O5Si/c1-24(2,30(3,4)27)17-16-20-19(11-7-5-6-8-12-22(25)26)14-15-21(20)29-23-13-9-10-18-28-23/h5,7,19-21,23,27H,6,8-18H2,1-4H3,(H,25,26)/b7-5-/t19-,20+,21+,23?/m0/s1. The molecule has 0 radical (unpaired) electrons. The lowest BCUT2D eigenvalue weighted by atomic mass is 9.85. The molecule has 6 heteroatoms. The van der Waals surface area contributed by atoms with Gasteiger partial charge in [0.25, 0.3) is 0 Å². The number of allylic oxidation sites excluding steroid dienone is 2. The third kappa shape index (κ3) is 8.10. The van der Waals surface area contributed by atoms with Gasteiger partial charge in [0.15, 0.2) is 14.6 Å². The maximum atomic E-state index is 10.7. The summed E-state index contributed by atoms with van der Waals surface area (Å²) in [7, 11) is -2.22. The van der Waals surface area contributed by atoms with Gasteiger partial charge >= 0.3 is 5.97 Å². The van der Waals surface area contributed by atoms with Crippen molar-refractivity contribution in [1.29, 1.82) is 0 Å². The summed E-state index contributed by atoms with van der Waals surface area (Å²) in [5, 5.41) is 8.74. The first kappa shape index (κ1) is 25.6. The van der Waals surface area contributed by atoms with Gasteiger partial charge in [-0.1, -0.05) is 26.0 Å². The van der Waals surface area contributed by atoms with Gasteiger partial charge in [-0.25, -0.2) is 0 Å². The maximum Gasteiger partial charge on any atom is 0.303 e. The molecule has 2 aliphatic rings. The zero-order valence-electron chi connectivity index (χ0n) is 19.6. The van der Waals surface area contributed by atoms with Crippen LogP contribution in [0.2, 0.25) is 18.1 Å². The van der Waals surface area contributed by atoms with E-state index in [-0.39, 0.29) is 23.9 Å². The molecule has 1 saturated heterocycles. The Kier molecular flexibility index (Phi) is 10.0. The lowest BCUT2D eigenvalue weighted by Crippen LogP contribution is -2.40. The predicted octanol–water partition coefficient (Wildman–Crippen LogP) is 5.88. The van der Waals surface area contributed by atoms with E-state index in [1.165, 1.54) is 12.8 Å². The van der Waals surface area contributed by atoms with Gasteiger partial charge in [-0.05, 0) is 94.2 Å². The Morgan fingerprint density at radius 3 is 2.60 bits per heavy atom. The molecule has 2 fully saturated rings. The number of rotatable bonds is 12. The molecule has 30 heavy (non-hydrogen) atoms. The van der Waals surface area contributed by atoms with Crippen LogP contribution in [0.5, 0.6) is 0 Å². The molecule has 5 nitrogen and oxygen atoms in total. The molecule has 0 amide bonds. The topological polar surface area (TPSA) is 76.0 Å². The maximum absolute atomic E-state index is 10.7. The normalized spacial score (nSPS) is 28.3. The van der Waals surface area contributed by atoms with Crippen LogP contribution in [-0.2, 0) is 14.3 Å². The number of carboxylic acid groups (broad SMARTS) is 1. The molecule has 0 aromatic rings. The second kappa shape index (κ2) is 11.8. The first-order valence-electron chi connectivity index (χ1n) is 12.0. The van der Waals surface area contributed by atoms with Gasteiger partial charge in [0.05, 0.1) is 6.10 Å². The van der Waals surface area contributed by atoms with Gasteiger partial charge in [-0.2, -0.15) is 0 Å². The van der Waals surface area contributed by atoms with Gasteiger partial charge in [-0.3, -0.25) is 4.79 Å². The van der Waals surface area contributed by atoms with Crippen LogP contribution >= 0.6 is 0 Å². The first-order valence-corrected chi connectivity index (χ1v) is 14.9. The number of aliphatic carboxylic acids is 1. The van der Waals surface area contributed by atoms with Crippen molar-refractivity contribution in [3.05, 3.63) is 12.2 Å². The number of unbranched alkanes of at least 4 members (excludes halogenated alkanes) is 1. The van der Waals surface area contributed by atoms with Crippen LogP contribution in [0, 0.1) is 11.8 Å². The van der Waals surface area contributed by atoms with Crippen molar-refractivity contribution in [1.82, 2.24) is 0 Å². The molecular formula is C24H44O5Si. The first-order chi connectivity index (χ1) is 14.1. The fourth-order valence-electron chi connectivity index (χ4n) is 4.60. The quantitative estimate of drug-likeness (QED) is 0.225.